The molecule has 2 rings (SSSR count). The fraction of sp³-hybridized carbons (Fsp3) is 0.533. The Hall–Kier alpha value is -0.940. The van der Waals surface area contributed by atoms with Gasteiger partial charge in [-0.25, -0.2) is 4.39 Å². The summed E-state index contributed by atoms with van der Waals surface area (Å²) in [6.07, 6.45) is 2.56. The van der Waals surface area contributed by atoms with E-state index in [9.17, 15) is 9.18 Å². The lowest BCUT2D eigenvalue weighted by Gasteiger charge is -2.18. The number of likely N-dealkylation sites (tertiary alicyclic amines) is 1. The summed E-state index contributed by atoms with van der Waals surface area (Å²) in [7, 11) is 0. The summed E-state index contributed by atoms with van der Waals surface area (Å²) in [6, 6.07) is 5.09. The van der Waals surface area contributed by atoms with E-state index in [0.717, 1.165) is 36.9 Å². The van der Waals surface area contributed by atoms with E-state index in [4.69, 9.17) is 0 Å². The number of carbonyl (C=O) groups excluding carboxylic acids is 1. The molecule has 0 radical (unpaired) electrons. The molecule has 1 saturated heterocycles. The van der Waals surface area contributed by atoms with Crippen molar-refractivity contribution in [1.82, 2.24) is 10.2 Å². The quantitative estimate of drug-likeness (QED) is 0.805. The van der Waals surface area contributed by atoms with Gasteiger partial charge in [0.1, 0.15) is 5.82 Å². The first-order valence-corrected chi connectivity index (χ1v) is 7.83. The Bertz CT molecular complexity index is 481. The maximum Gasteiger partial charge on any atom is 0.222 e. The number of benzene rings is 1. The number of amides is 1. The Morgan fingerprint density at radius 3 is 2.95 bits per heavy atom. The van der Waals surface area contributed by atoms with Crippen LogP contribution in [0.4, 0.5) is 4.39 Å². The molecule has 5 heteroatoms. The highest BCUT2D eigenvalue weighted by Crippen LogP contribution is 2.20. The van der Waals surface area contributed by atoms with Crippen LogP contribution in [0.1, 0.15) is 37.8 Å². The molecule has 1 fully saturated rings. The van der Waals surface area contributed by atoms with E-state index in [-0.39, 0.29) is 17.8 Å². The summed E-state index contributed by atoms with van der Waals surface area (Å²) in [4.78, 5) is 13.4. The van der Waals surface area contributed by atoms with Crippen LogP contribution < -0.4 is 5.32 Å². The molecule has 20 heavy (non-hydrogen) atoms. The zero-order valence-electron chi connectivity index (χ0n) is 11.7. The van der Waals surface area contributed by atoms with Gasteiger partial charge in [-0.3, -0.25) is 4.79 Å². The Kier molecular flexibility index (Phi) is 5.54. The molecule has 1 atom stereocenters. The van der Waals surface area contributed by atoms with Gasteiger partial charge in [0.05, 0.1) is 0 Å². The Labute approximate surface area is 127 Å². The molecule has 1 aromatic carbocycles. The number of hydrogen-bond donors (Lipinski definition) is 1. The molecule has 1 aliphatic rings. The van der Waals surface area contributed by atoms with E-state index < -0.39 is 0 Å². The molecular weight excluding hydrogens is 323 g/mol. The van der Waals surface area contributed by atoms with E-state index in [1.165, 1.54) is 6.07 Å². The van der Waals surface area contributed by atoms with E-state index in [1.807, 2.05) is 17.9 Å². The third-order valence-corrected chi connectivity index (χ3v) is 4.15. The Morgan fingerprint density at radius 1 is 1.50 bits per heavy atom. The van der Waals surface area contributed by atoms with Crippen LogP contribution >= 0.6 is 15.9 Å². The van der Waals surface area contributed by atoms with Crippen LogP contribution in [0.15, 0.2) is 22.7 Å². The normalized spacial score (nSPS) is 16.8. The van der Waals surface area contributed by atoms with Crippen LogP contribution in [0, 0.1) is 5.82 Å². The second kappa shape index (κ2) is 7.18. The van der Waals surface area contributed by atoms with Crippen molar-refractivity contribution < 1.29 is 9.18 Å². The number of nitrogens with zero attached hydrogens (tertiary/aromatic N) is 1. The summed E-state index contributed by atoms with van der Waals surface area (Å²) >= 11 is 3.25. The molecule has 0 unspecified atom stereocenters. The van der Waals surface area contributed by atoms with Crippen molar-refractivity contribution in [2.24, 2.45) is 0 Å². The molecule has 1 N–H and O–H groups in total. The van der Waals surface area contributed by atoms with Crippen molar-refractivity contribution in [2.75, 3.05) is 19.6 Å². The molecule has 3 nitrogen and oxygen atoms in total. The van der Waals surface area contributed by atoms with Gasteiger partial charge in [-0.15, -0.1) is 0 Å². The topological polar surface area (TPSA) is 32.3 Å². The van der Waals surface area contributed by atoms with E-state index in [2.05, 4.69) is 21.2 Å². The van der Waals surface area contributed by atoms with Gasteiger partial charge in [-0.1, -0.05) is 22.0 Å². The maximum atomic E-state index is 13.8. The number of nitrogens with one attached hydrogen (secondary N) is 1. The van der Waals surface area contributed by atoms with Crippen molar-refractivity contribution in [2.45, 2.75) is 32.2 Å². The Balaban J connectivity index is 1.74. The van der Waals surface area contributed by atoms with Crippen molar-refractivity contribution in [3.63, 3.8) is 0 Å². The van der Waals surface area contributed by atoms with Crippen LogP contribution in [0.2, 0.25) is 0 Å². The minimum atomic E-state index is -0.200. The van der Waals surface area contributed by atoms with Gasteiger partial charge >= 0.3 is 0 Å². The highest BCUT2D eigenvalue weighted by molar-refractivity contribution is 9.10. The number of carbonyl (C=O) groups is 1. The smallest absolute Gasteiger partial charge is 0.222 e. The standard InChI is InChI=1S/C15H20BrFN2O/c1-11(13-6-5-12(16)10-14(13)17)18-7-3-9-19-8-2-4-15(19)20/h5-6,10-11,18H,2-4,7-9H2,1H3/t11-/m0/s1. The molecule has 0 aromatic heterocycles. The Morgan fingerprint density at radius 2 is 2.30 bits per heavy atom. The molecule has 0 bridgehead atoms. The predicted octanol–water partition coefficient (Wildman–Crippen LogP) is 3.25. The summed E-state index contributed by atoms with van der Waals surface area (Å²) in [6.45, 7) is 4.41. The minimum absolute atomic E-state index is 0.0302. The average molecular weight is 343 g/mol. The summed E-state index contributed by atoms with van der Waals surface area (Å²) in [5, 5.41) is 3.30. The van der Waals surface area contributed by atoms with Crippen molar-refractivity contribution in [3.05, 3.63) is 34.1 Å². The summed E-state index contributed by atoms with van der Waals surface area (Å²) in [5.74, 6) is 0.0612. The van der Waals surface area contributed by atoms with Crippen LogP contribution in [0.25, 0.3) is 0 Å². The average Bonchev–Trinajstić information content (AvgIpc) is 2.80. The van der Waals surface area contributed by atoms with Crippen LogP contribution in [0.3, 0.4) is 0 Å². The minimum Gasteiger partial charge on any atom is -0.343 e. The van der Waals surface area contributed by atoms with Crippen molar-refractivity contribution in [3.8, 4) is 0 Å². The molecule has 1 amide bonds. The molecule has 1 aromatic rings. The van der Waals surface area contributed by atoms with Crippen LogP contribution in [-0.4, -0.2) is 30.4 Å². The van der Waals surface area contributed by atoms with Gasteiger partial charge < -0.3 is 10.2 Å². The third-order valence-electron chi connectivity index (χ3n) is 3.66. The largest absolute Gasteiger partial charge is 0.343 e. The predicted molar refractivity (Wildman–Crippen MR) is 80.9 cm³/mol. The van der Waals surface area contributed by atoms with E-state index in [0.29, 0.717) is 12.0 Å². The zero-order valence-corrected chi connectivity index (χ0v) is 13.2. The second-order valence-corrected chi connectivity index (χ2v) is 6.10. The van der Waals surface area contributed by atoms with Gasteiger partial charge in [0, 0.05) is 35.6 Å². The van der Waals surface area contributed by atoms with Gasteiger partial charge in [0.25, 0.3) is 0 Å². The molecule has 1 aliphatic heterocycles. The van der Waals surface area contributed by atoms with Gasteiger partial charge in [0.15, 0.2) is 0 Å². The maximum absolute atomic E-state index is 13.8. The first kappa shape index (κ1) is 15.4. The van der Waals surface area contributed by atoms with Crippen molar-refractivity contribution >= 4 is 21.8 Å². The van der Waals surface area contributed by atoms with Crippen molar-refractivity contribution in [1.29, 1.82) is 0 Å². The molecular formula is C15H20BrFN2O. The van der Waals surface area contributed by atoms with Gasteiger partial charge in [0.2, 0.25) is 5.91 Å². The summed E-state index contributed by atoms with van der Waals surface area (Å²) < 4.78 is 14.5. The first-order chi connectivity index (χ1) is 9.58. The van der Waals surface area contributed by atoms with Crippen LogP contribution in [-0.2, 0) is 4.79 Å². The monoisotopic (exact) mass is 342 g/mol. The van der Waals surface area contributed by atoms with Gasteiger partial charge in [-0.2, -0.15) is 0 Å². The second-order valence-electron chi connectivity index (χ2n) is 5.18. The highest BCUT2D eigenvalue weighted by Gasteiger charge is 2.19. The third kappa shape index (κ3) is 4.03. The molecule has 0 aliphatic carbocycles. The first-order valence-electron chi connectivity index (χ1n) is 7.04. The van der Waals surface area contributed by atoms with E-state index >= 15 is 0 Å². The molecule has 1 heterocycles. The number of hydrogen-bond acceptors (Lipinski definition) is 2. The molecule has 110 valence electrons. The number of rotatable bonds is 6. The number of halogens is 2. The van der Waals surface area contributed by atoms with E-state index in [1.54, 1.807) is 6.07 Å². The summed E-state index contributed by atoms with van der Waals surface area (Å²) in [5.41, 5.74) is 0.672. The van der Waals surface area contributed by atoms with Crippen LogP contribution in [0.5, 0.6) is 0 Å². The fourth-order valence-electron chi connectivity index (χ4n) is 2.49. The lowest BCUT2D eigenvalue weighted by molar-refractivity contribution is -0.127. The highest BCUT2D eigenvalue weighted by atomic mass is 79.9. The lowest BCUT2D eigenvalue weighted by Crippen LogP contribution is -2.29. The lowest BCUT2D eigenvalue weighted by atomic mass is 10.1. The van der Waals surface area contributed by atoms with Gasteiger partial charge in [-0.05, 0) is 38.4 Å². The molecule has 0 saturated carbocycles. The fourth-order valence-corrected chi connectivity index (χ4v) is 2.82. The zero-order chi connectivity index (χ0) is 14.5. The molecule has 0 spiro atoms. The SMILES string of the molecule is C[C@H](NCCCN1CCCC1=O)c1ccc(Br)cc1F.